The molecule has 3 atom stereocenters. The number of rotatable bonds is 5. The Hall–Kier alpha value is -2.84. The van der Waals surface area contributed by atoms with Gasteiger partial charge in [0.05, 0.1) is 15.9 Å². The molecule has 1 heterocycles. The first-order chi connectivity index (χ1) is 15.7. The average Bonchev–Trinajstić information content (AvgIpc) is 3.17. The monoisotopic (exact) mass is 529 g/mol. The Morgan fingerprint density at radius 2 is 1.77 bits per heavy atom. The van der Waals surface area contributed by atoms with E-state index >= 15 is 0 Å². The van der Waals surface area contributed by atoms with E-state index in [1.165, 1.54) is 0 Å². The van der Waals surface area contributed by atoms with Gasteiger partial charge in [-0.25, -0.2) is 8.42 Å². The summed E-state index contributed by atoms with van der Waals surface area (Å²) in [6.07, 6.45) is -11.3. The molecule has 1 aliphatic carbocycles. The van der Waals surface area contributed by atoms with E-state index in [4.69, 9.17) is 10.5 Å². The smallest absolute Gasteiger partial charge is 0.473 e. The second kappa shape index (κ2) is 8.10. The van der Waals surface area contributed by atoms with Crippen molar-refractivity contribution in [2.45, 2.75) is 43.6 Å². The van der Waals surface area contributed by atoms with Crippen LogP contribution in [0.2, 0.25) is 0 Å². The maximum Gasteiger partial charge on any atom is 0.473 e. The molecule has 1 saturated heterocycles. The van der Waals surface area contributed by atoms with E-state index in [1.807, 2.05) is 0 Å². The number of hydrogen-bond donors (Lipinski definition) is 1. The molecule has 1 aliphatic heterocycles. The summed E-state index contributed by atoms with van der Waals surface area (Å²) >= 11 is 0. The molecule has 2 aliphatic rings. The highest BCUT2D eigenvalue weighted by Gasteiger charge is 2.72. The van der Waals surface area contributed by atoms with Crippen LogP contribution in [0, 0.1) is 10.8 Å². The average molecular weight is 529 g/mol. The van der Waals surface area contributed by atoms with Crippen LogP contribution in [-0.2, 0) is 14.6 Å². The number of fused-ring (bicyclic) bond motifs is 1. The molecule has 194 valence electrons. The van der Waals surface area contributed by atoms with Gasteiger partial charge in [-0.05, 0) is 31.5 Å². The van der Waals surface area contributed by atoms with Gasteiger partial charge in [0.2, 0.25) is 0 Å². The van der Waals surface area contributed by atoms with E-state index in [2.05, 4.69) is 4.99 Å². The summed E-state index contributed by atoms with van der Waals surface area (Å²) < 4.78 is 106. The second-order valence-corrected chi connectivity index (χ2v) is 11.0. The first-order valence-electron chi connectivity index (χ1n) is 10.0. The van der Waals surface area contributed by atoms with E-state index in [-0.39, 0.29) is 24.4 Å². The summed E-state index contributed by atoms with van der Waals surface area (Å²) in [6.45, 7) is 1.96. The Bertz CT molecular complexity index is 1210. The Labute approximate surface area is 196 Å². The molecule has 2 amide bonds. The van der Waals surface area contributed by atoms with Gasteiger partial charge in [0.15, 0.2) is 15.9 Å². The SMILES string of the molecule is CC(Oc1ccc(S(C)(=O)=O)cc1C(=O)N1CC2(C)CC2(C(N)=NC(=O)C(F)(F)F)C1)C(F)(F)F. The molecule has 0 radical (unpaired) electrons. The summed E-state index contributed by atoms with van der Waals surface area (Å²) in [7, 11) is -3.85. The predicted molar refractivity (Wildman–Crippen MR) is 109 cm³/mol. The Morgan fingerprint density at radius 1 is 1.17 bits per heavy atom. The molecule has 1 saturated carbocycles. The fourth-order valence-electron chi connectivity index (χ4n) is 4.22. The number of carbonyl (C=O) groups is 2. The molecular weight excluding hydrogens is 508 g/mol. The number of halogens is 6. The van der Waals surface area contributed by atoms with Crippen molar-refractivity contribution in [3.63, 3.8) is 0 Å². The molecule has 35 heavy (non-hydrogen) atoms. The molecule has 1 aromatic rings. The van der Waals surface area contributed by atoms with Crippen molar-refractivity contribution in [3.8, 4) is 5.75 Å². The molecule has 0 aromatic heterocycles. The number of likely N-dealkylation sites (tertiary alicyclic amines) is 1. The molecule has 2 N–H and O–H groups in total. The largest absolute Gasteiger partial charge is 0.480 e. The molecule has 3 rings (SSSR count). The van der Waals surface area contributed by atoms with Crippen molar-refractivity contribution >= 4 is 27.5 Å². The molecular formula is C20H21F6N3O5S. The third-order valence-corrected chi connectivity index (χ3v) is 7.45. The number of amides is 2. The molecule has 2 fully saturated rings. The molecule has 0 spiro atoms. The maximum atomic E-state index is 13.3. The second-order valence-electron chi connectivity index (χ2n) is 9.01. The lowest BCUT2D eigenvalue weighted by Crippen LogP contribution is -2.38. The van der Waals surface area contributed by atoms with Crippen molar-refractivity contribution < 1.29 is 49.1 Å². The van der Waals surface area contributed by atoms with Crippen molar-refractivity contribution in [2.24, 2.45) is 21.6 Å². The van der Waals surface area contributed by atoms with E-state index < -0.39 is 68.1 Å². The van der Waals surface area contributed by atoms with Crippen molar-refractivity contribution in [1.29, 1.82) is 0 Å². The van der Waals surface area contributed by atoms with E-state index in [9.17, 15) is 44.3 Å². The van der Waals surface area contributed by atoms with Gasteiger partial charge in [0, 0.05) is 24.8 Å². The minimum atomic E-state index is -5.24. The lowest BCUT2D eigenvalue weighted by Gasteiger charge is -2.24. The zero-order chi connectivity index (χ0) is 26.8. The number of amidine groups is 1. The van der Waals surface area contributed by atoms with Crippen LogP contribution in [0.1, 0.15) is 30.6 Å². The van der Waals surface area contributed by atoms with E-state index in [0.717, 1.165) is 29.4 Å². The Kier molecular flexibility index (Phi) is 6.19. The van der Waals surface area contributed by atoms with Crippen molar-refractivity contribution in [1.82, 2.24) is 4.90 Å². The summed E-state index contributed by atoms with van der Waals surface area (Å²) in [5.41, 5.74) is 3.17. The normalized spacial score (nSPS) is 25.7. The van der Waals surface area contributed by atoms with Gasteiger partial charge in [0.1, 0.15) is 11.6 Å². The Morgan fingerprint density at radius 3 is 2.29 bits per heavy atom. The molecule has 15 heteroatoms. The first kappa shape index (κ1) is 26.8. The van der Waals surface area contributed by atoms with E-state index in [0.29, 0.717) is 6.92 Å². The van der Waals surface area contributed by atoms with Crippen LogP contribution in [0.5, 0.6) is 5.75 Å². The van der Waals surface area contributed by atoms with Crippen LogP contribution in [0.3, 0.4) is 0 Å². The number of piperidine rings is 1. The van der Waals surface area contributed by atoms with Gasteiger partial charge in [-0.1, -0.05) is 6.92 Å². The highest BCUT2D eigenvalue weighted by molar-refractivity contribution is 7.90. The zero-order valence-electron chi connectivity index (χ0n) is 18.6. The number of carbonyl (C=O) groups excluding carboxylic acids is 2. The highest BCUT2D eigenvalue weighted by atomic mass is 32.2. The van der Waals surface area contributed by atoms with Gasteiger partial charge in [-0.2, -0.15) is 31.3 Å². The highest BCUT2D eigenvalue weighted by Crippen LogP contribution is 2.68. The predicted octanol–water partition coefficient (Wildman–Crippen LogP) is 2.72. The first-order valence-corrected chi connectivity index (χ1v) is 11.9. The van der Waals surface area contributed by atoms with Crippen LogP contribution < -0.4 is 10.5 Å². The number of hydrogen-bond acceptors (Lipinski definition) is 5. The van der Waals surface area contributed by atoms with Crippen LogP contribution in [0.25, 0.3) is 0 Å². The van der Waals surface area contributed by atoms with Gasteiger partial charge in [0.25, 0.3) is 5.91 Å². The van der Waals surface area contributed by atoms with Gasteiger partial charge < -0.3 is 15.4 Å². The molecule has 8 nitrogen and oxygen atoms in total. The standard InChI is InChI=1S/C20H21F6N3O5S/c1-10(19(21,22)23)34-13-5-4-11(35(3,32)33)6-12(13)14(30)29-8-17(2)7-18(17,9-29)15(27)28-16(31)20(24,25)26/h4-6,10H,7-9H2,1-3H3,(H2,27,28,31). The van der Waals surface area contributed by atoms with Crippen LogP contribution in [-0.4, -0.2) is 68.8 Å². The lowest BCUT2D eigenvalue weighted by atomic mass is 9.97. The zero-order valence-corrected chi connectivity index (χ0v) is 19.4. The number of benzene rings is 1. The summed E-state index contributed by atoms with van der Waals surface area (Å²) in [5.74, 6) is -4.45. The van der Waals surface area contributed by atoms with E-state index in [1.54, 1.807) is 6.92 Å². The third kappa shape index (κ3) is 4.95. The van der Waals surface area contributed by atoms with Crippen molar-refractivity contribution in [3.05, 3.63) is 23.8 Å². The quantitative estimate of drug-likeness (QED) is 0.356. The lowest BCUT2D eigenvalue weighted by molar-refractivity contribution is -0.189. The maximum absolute atomic E-state index is 13.3. The summed E-state index contributed by atoms with van der Waals surface area (Å²) in [6, 6.07) is 2.79. The van der Waals surface area contributed by atoms with Crippen LogP contribution >= 0.6 is 0 Å². The summed E-state index contributed by atoms with van der Waals surface area (Å²) in [5, 5.41) is 0. The van der Waals surface area contributed by atoms with Crippen LogP contribution in [0.15, 0.2) is 28.1 Å². The number of nitrogens with zero attached hydrogens (tertiary/aromatic N) is 2. The minimum absolute atomic E-state index is 0.0698. The van der Waals surface area contributed by atoms with Gasteiger partial charge >= 0.3 is 18.3 Å². The number of alkyl halides is 6. The van der Waals surface area contributed by atoms with Gasteiger partial charge in [-0.3, -0.25) is 9.59 Å². The summed E-state index contributed by atoms with van der Waals surface area (Å²) in [4.78, 5) is 28.2. The molecule has 1 aromatic carbocycles. The van der Waals surface area contributed by atoms with Gasteiger partial charge in [-0.15, -0.1) is 0 Å². The number of ether oxygens (including phenoxy) is 1. The minimum Gasteiger partial charge on any atom is -0.480 e. The number of nitrogens with two attached hydrogens (primary N) is 1. The Balaban J connectivity index is 1.96. The van der Waals surface area contributed by atoms with Crippen molar-refractivity contribution in [2.75, 3.05) is 19.3 Å². The molecule has 3 unspecified atom stereocenters. The fourth-order valence-corrected chi connectivity index (χ4v) is 4.87. The fraction of sp³-hybridized carbons (Fsp3) is 0.550. The molecule has 0 bridgehead atoms. The van der Waals surface area contributed by atoms with Crippen LogP contribution in [0.4, 0.5) is 26.3 Å². The third-order valence-electron chi connectivity index (χ3n) is 6.34. The topological polar surface area (TPSA) is 119 Å². The number of aliphatic imine (C=N–C) groups is 1. The number of sulfone groups is 1.